The number of carbonyl (C=O) groups excluding carboxylic acids is 1. The van der Waals surface area contributed by atoms with Gasteiger partial charge in [0, 0.05) is 13.0 Å². The first-order chi connectivity index (χ1) is 10.3. The number of nitrogens with two attached hydrogens (primary N) is 1. The van der Waals surface area contributed by atoms with Crippen LogP contribution >= 0.6 is 0 Å². The van der Waals surface area contributed by atoms with E-state index in [0.717, 1.165) is 23.5 Å². The Kier molecular flexibility index (Phi) is 4.70. The summed E-state index contributed by atoms with van der Waals surface area (Å²) in [5, 5.41) is 2.49. The van der Waals surface area contributed by atoms with Gasteiger partial charge in [0.1, 0.15) is 5.82 Å². The summed E-state index contributed by atoms with van der Waals surface area (Å²) in [5.74, 6) is -1.64. The number of aromatic amines is 1. The van der Waals surface area contributed by atoms with Gasteiger partial charge >= 0.3 is 6.18 Å². The largest absolute Gasteiger partial charge is 0.392 e. The number of carbonyl (C=O) groups is 1. The van der Waals surface area contributed by atoms with Crippen LogP contribution in [0.25, 0.3) is 11.0 Å². The Morgan fingerprint density at radius 3 is 2.82 bits per heavy atom. The molecule has 0 bridgehead atoms. The topological polar surface area (TPSA) is 83.8 Å². The van der Waals surface area contributed by atoms with Crippen LogP contribution in [0.5, 0.6) is 0 Å². The number of halogens is 3. The minimum Gasteiger partial charge on any atom is -0.352 e. The van der Waals surface area contributed by atoms with Gasteiger partial charge in [-0.05, 0) is 17.7 Å². The number of hydrogen-bond acceptors (Lipinski definition) is 3. The van der Waals surface area contributed by atoms with E-state index in [1.54, 1.807) is 18.2 Å². The van der Waals surface area contributed by atoms with Crippen molar-refractivity contribution >= 4 is 16.9 Å². The third kappa shape index (κ3) is 3.97. The van der Waals surface area contributed by atoms with E-state index >= 15 is 0 Å². The molecule has 0 radical (unpaired) electrons. The molecule has 1 heterocycles. The van der Waals surface area contributed by atoms with Gasteiger partial charge in [-0.15, -0.1) is 0 Å². The van der Waals surface area contributed by atoms with Crippen molar-refractivity contribution in [1.29, 1.82) is 0 Å². The van der Waals surface area contributed by atoms with E-state index < -0.39 is 24.4 Å². The minimum absolute atomic E-state index is 0.163. The summed E-state index contributed by atoms with van der Waals surface area (Å²) in [7, 11) is 0. The molecule has 0 aliphatic rings. The average molecular weight is 314 g/mol. The summed E-state index contributed by atoms with van der Waals surface area (Å²) in [6.07, 6.45) is -4.93. The van der Waals surface area contributed by atoms with Gasteiger partial charge in [0.2, 0.25) is 5.91 Å². The molecule has 22 heavy (non-hydrogen) atoms. The van der Waals surface area contributed by atoms with Crippen molar-refractivity contribution in [2.24, 2.45) is 11.7 Å². The van der Waals surface area contributed by atoms with Crippen LogP contribution in [0.4, 0.5) is 13.2 Å². The van der Waals surface area contributed by atoms with Crippen LogP contribution in [0.2, 0.25) is 0 Å². The van der Waals surface area contributed by atoms with E-state index in [-0.39, 0.29) is 13.1 Å². The molecule has 1 atom stereocenters. The predicted molar refractivity (Wildman–Crippen MR) is 75.7 cm³/mol. The number of hydrogen-bond donors (Lipinski definition) is 3. The fourth-order valence-corrected chi connectivity index (χ4v) is 1.98. The average Bonchev–Trinajstić information content (AvgIpc) is 2.86. The van der Waals surface area contributed by atoms with E-state index in [9.17, 15) is 18.0 Å². The van der Waals surface area contributed by atoms with Gasteiger partial charge < -0.3 is 16.0 Å². The zero-order valence-corrected chi connectivity index (χ0v) is 12.0. The summed E-state index contributed by atoms with van der Waals surface area (Å²) in [5.41, 5.74) is 7.79. The summed E-state index contributed by atoms with van der Waals surface area (Å²) in [6, 6.07) is 5.32. The number of nitrogens with one attached hydrogen (secondary N) is 2. The lowest BCUT2D eigenvalue weighted by Crippen LogP contribution is -2.29. The lowest BCUT2D eigenvalue weighted by molar-refractivity contribution is -0.174. The van der Waals surface area contributed by atoms with Crippen molar-refractivity contribution in [2.75, 3.05) is 0 Å². The van der Waals surface area contributed by atoms with Crippen LogP contribution in [-0.4, -0.2) is 22.1 Å². The van der Waals surface area contributed by atoms with Gasteiger partial charge in [0.05, 0.1) is 23.5 Å². The van der Waals surface area contributed by atoms with Crippen molar-refractivity contribution < 1.29 is 18.0 Å². The fraction of sp³-hybridized carbons (Fsp3) is 0.429. The van der Waals surface area contributed by atoms with Crippen LogP contribution in [0, 0.1) is 5.92 Å². The summed E-state index contributed by atoms with van der Waals surface area (Å²) >= 11 is 0. The molecule has 1 amide bonds. The highest BCUT2D eigenvalue weighted by Gasteiger charge is 2.37. The summed E-state index contributed by atoms with van der Waals surface area (Å²) in [4.78, 5) is 18.8. The molecule has 1 aromatic carbocycles. The predicted octanol–water partition coefficient (Wildman–Crippen LogP) is 2.23. The van der Waals surface area contributed by atoms with Crippen LogP contribution < -0.4 is 11.1 Å². The summed E-state index contributed by atoms with van der Waals surface area (Å²) < 4.78 is 37.1. The maximum absolute atomic E-state index is 12.4. The Bertz CT molecular complexity index is 666. The molecule has 0 saturated heterocycles. The number of rotatable bonds is 5. The molecule has 0 aliphatic carbocycles. The molecule has 8 heteroatoms. The Hall–Kier alpha value is -2.09. The summed E-state index contributed by atoms with van der Waals surface area (Å²) in [6.45, 7) is 1.44. The SMILES string of the molecule is CC(CC(=O)NCc1ccc2nc(CN)[nH]c2c1)C(F)(F)F. The standard InChI is InChI=1S/C14H17F3N4O/c1-8(14(15,16)17)4-13(22)19-7-9-2-3-10-11(5-9)21-12(6-18)20-10/h2-3,5,8H,4,6-7,18H2,1H3,(H,19,22)(H,20,21). The van der Waals surface area contributed by atoms with E-state index in [2.05, 4.69) is 15.3 Å². The smallest absolute Gasteiger partial charge is 0.352 e. The zero-order valence-electron chi connectivity index (χ0n) is 12.0. The molecule has 2 aromatic rings. The van der Waals surface area contributed by atoms with Gasteiger partial charge in [0.25, 0.3) is 0 Å². The number of aromatic nitrogens is 2. The molecule has 1 aromatic heterocycles. The Balaban J connectivity index is 1.95. The Morgan fingerprint density at radius 2 is 2.18 bits per heavy atom. The van der Waals surface area contributed by atoms with Gasteiger partial charge in [-0.1, -0.05) is 13.0 Å². The molecule has 1 unspecified atom stereocenters. The van der Waals surface area contributed by atoms with Crippen molar-refractivity contribution in [2.45, 2.75) is 32.6 Å². The first kappa shape index (κ1) is 16.3. The molecular weight excluding hydrogens is 297 g/mol. The third-order valence-corrected chi connectivity index (χ3v) is 3.33. The Morgan fingerprint density at radius 1 is 1.45 bits per heavy atom. The van der Waals surface area contributed by atoms with E-state index in [1.165, 1.54) is 0 Å². The number of alkyl halides is 3. The molecule has 2 rings (SSSR count). The normalized spacial score (nSPS) is 13.3. The number of benzene rings is 1. The quantitative estimate of drug-likeness (QED) is 0.791. The second-order valence-electron chi connectivity index (χ2n) is 5.16. The molecule has 0 saturated carbocycles. The van der Waals surface area contributed by atoms with E-state index in [0.29, 0.717) is 5.82 Å². The highest BCUT2D eigenvalue weighted by atomic mass is 19.4. The maximum Gasteiger partial charge on any atom is 0.392 e. The first-order valence-corrected chi connectivity index (χ1v) is 6.80. The number of amides is 1. The second kappa shape index (κ2) is 6.35. The first-order valence-electron chi connectivity index (χ1n) is 6.80. The minimum atomic E-state index is -4.36. The van der Waals surface area contributed by atoms with E-state index in [4.69, 9.17) is 5.73 Å². The van der Waals surface area contributed by atoms with Crippen LogP contribution in [0.15, 0.2) is 18.2 Å². The van der Waals surface area contributed by atoms with Crippen molar-refractivity contribution in [3.63, 3.8) is 0 Å². The molecule has 120 valence electrons. The zero-order chi connectivity index (χ0) is 16.3. The van der Waals surface area contributed by atoms with Crippen molar-refractivity contribution in [3.05, 3.63) is 29.6 Å². The lowest BCUT2D eigenvalue weighted by Gasteiger charge is -2.15. The molecule has 0 aliphatic heterocycles. The fourth-order valence-electron chi connectivity index (χ4n) is 1.98. The van der Waals surface area contributed by atoms with Gasteiger partial charge in [-0.25, -0.2) is 4.98 Å². The molecule has 5 nitrogen and oxygen atoms in total. The van der Waals surface area contributed by atoms with E-state index in [1.807, 2.05) is 0 Å². The maximum atomic E-state index is 12.4. The number of fused-ring (bicyclic) bond motifs is 1. The number of H-pyrrole nitrogens is 1. The van der Waals surface area contributed by atoms with Gasteiger partial charge in [-0.3, -0.25) is 4.79 Å². The van der Waals surface area contributed by atoms with Crippen LogP contribution in [0.1, 0.15) is 24.7 Å². The second-order valence-corrected chi connectivity index (χ2v) is 5.16. The number of nitrogens with zero attached hydrogens (tertiary/aromatic N) is 1. The van der Waals surface area contributed by atoms with Crippen molar-refractivity contribution in [3.8, 4) is 0 Å². The third-order valence-electron chi connectivity index (χ3n) is 3.33. The number of imidazole rings is 1. The van der Waals surface area contributed by atoms with Gasteiger partial charge in [0.15, 0.2) is 0 Å². The van der Waals surface area contributed by atoms with Crippen LogP contribution in [-0.2, 0) is 17.9 Å². The Labute approximate surface area is 125 Å². The monoisotopic (exact) mass is 314 g/mol. The van der Waals surface area contributed by atoms with Gasteiger partial charge in [-0.2, -0.15) is 13.2 Å². The molecular formula is C14H17F3N4O. The highest BCUT2D eigenvalue weighted by molar-refractivity contribution is 5.77. The highest BCUT2D eigenvalue weighted by Crippen LogP contribution is 2.28. The lowest BCUT2D eigenvalue weighted by atomic mass is 10.1. The van der Waals surface area contributed by atoms with Crippen molar-refractivity contribution in [1.82, 2.24) is 15.3 Å². The molecule has 0 fully saturated rings. The molecule has 4 N–H and O–H groups in total. The molecule has 0 spiro atoms. The van der Waals surface area contributed by atoms with Crippen LogP contribution in [0.3, 0.4) is 0 Å².